The minimum atomic E-state index is -3.57. The molecule has 0 bridgehead atoms. The summed E-state index contributed by atoms with van der Waals surface area (Å²) < 4.78 is 28.0. The smallest absolute Gasteiger partial charge is 0.264 e. The number of aromatic nitrogens is 2. The van der Waals surface area contributed by atoms with Gasteiger partial charge in [-0.1, -0.05) is 27.7 Å². The second-order valence-corrected chi connectivity index (χ2v) is 10.4. The first-order chi connectivity index (χ1) is 12.7. The van der Waals surface area contributed by atoms with E-state index in [2.05, 4.69) is 47.5 Å². The molecular formula is C18H28N4O3S2. The Labute approximate surface area is 164 Å². The Hall–Kier alpha value is -1.55. The minimum absolute atomic E-state index is 0.241. The molecule has 0 saturated heterocycles. The molecule has 0 spiro atoms. The van der Waals surface area contributed by atoms with Crippen molar-refractivity contribution in [3.05, 3.63) is 34.6 Å². The van der Waals surface area contributed by atoms with Gasteiger partial charge in [-0.15, -0.1) is 11.3 Å². The minimum Gasteiger partial charge on any atom is -0.302 e. The number of hydrogen-bond acceptors (Lipinski definition) is 6. The number of nitrogens with zero attached hydrogens (tertiary/aromatic N) is 2. The molecule has 0 radical (unpaired) electrons. The van der Waals surface area contributed by atoms with Gasteiger partial charge in [0.05, 0.1) is 4.88 Å². The first kappa shape index (κ1) is 21.7. The Morgan fingerprint density at radius 2 is 1.78 bits per heavy atom. The van der Waals surface area contributed by atoms with Crippen molar-refractivity contribution in [2.45, 2.75) is 31.9 Å². The van der Waals surface area contributed by atoms with Gasteiger partial charge in [-0.2, -0.15) is 5.10 Å². The zero-order chi connectivity index (χ0) is 20.0. The van der Waals surface area contributed by atoms with Crippen molar-refractivity contribution >= 4 is 21.4 Å². The van der Waals surface area contributed by atoms with E-state index in [0.29, 0.717) is 35.5 Å². The van der Waals surface area contributed by atoms with Crippen molar-refractivity contribution in [3.63, 3.8) is 0 Å². The zero-order valence-corrected chi connectivity index (χ0v) is 17.9. The molecule has 0 aliphatic heterocycles. The van der Waals surface area contributed by atoms with Gasteiger partial charge < -0.3 is 4.90 Å². The van der Waals surface area contributed by atoms with Gasteiger partial charge in [0.15, 0.2) is 0 Å². The summed E-state index contributed by atoms with van der Waals surface area (Å²) in [6, 6.07) is 6.20. The van der Waals surface area contributed by atoms with Gasteiger partial charge in [-0.3, -0.25) is 4.79 Å². The SMILES string of the molecule is CC(C)CN(CCNS(=O)(=O)c1ccc(-c2ccc(=O)[nH]n2)s1)CC(C)C. The van der Waals surface area contributed by atoms with Crippen LogP contribution in [0.4, 0.5) is 0 Å². The van der Waals surface area contributed by atoms with Gasteiger partial charge in [0.1, 0.15) is 9.90 Å². The van der Waals surface area contributed by atoms with Crippen molar-refractivity contribution in [2.24, 2.45) is 11.8 Å². The molecule has 27 heavy (non-hydrogen) atoms. The van der Waals surface area contributed by atoms with Gasteiger partial charge in [0.2, 0.25) is 10.0 Å². The lowest BCUT2D eigenvalue weighted by Crippen LogP contribution is -2.38. The molecule has 0 saturated carbocycles. The van der Waals surface area contributed by atoms with E-state index in [1.165, 1.54) is 6.07 Å². The number of thiophene rings is 1. The second-order valence-electron chi connectivity index (χ2n) is 7.37. The Bertz CT molecular complexity index is 858. The van der Waals surface area contributed by atoms with Crippen LogP contribution in [0.2, 0.25) is 0 Å². The van der Waals surface area contributed by atoms with Crippen LogP contribution in [0.25, 0.3) is 10.6 Å². The molecule has 2 rings (SSSR count). The third-order valence-electron chi connectivity index (χ3n) is 3.74. The van der Waals surface area contributed by atoms with Crippen LogP contribution in [0.5, 0.6) is 0 Å². The van der Waals surface area contributed by atoms with Gasteiger partial charge in [-0.05, 0) is 30.0 Å². The molecule has 7 nitrogen and oxygen atoms in total. The average molecular weight is 413 g/mol. The summed E-state index contributed by atoms with van der Waals surface area (Å²) in [5, 5.41) is 6.29. The Balaban J connectivity index is 1.99. The third kappa shape index (κ3) is 6.84. The van der Waals surface area contributed by atoms with Crippen molar-refractivity contribution in [3.8, 4) is 10.6 Å². The summed E-state index contributed by atoms with van der Waals surface area (Å²) in [6.45, 7) is 11.6. The fourth-order valence-corrected chi connectivity index (χ4v) is 5.12. The summed E-state index contributed by atoms with van der Waals surface area (Å²) in [6.07, 6.45) is 0. The molecule has 2 heterocycles. The van der Waals surface area contributed by atoms with Crippen LogP contribution in [0.1, 0.15) is 27.7 Å². The molecular weight excluding hydrogens is 384 g/mol. The lowest BCUT2D eigenvalue weighted by atomic mass is 10.1. The second kappa shape index (κ2) is 9.59. The van der Waals surface area contributed by atoms with E-state index in [0.717, 1.165) is 24.4 Å². The van der Waals surface area contributed by atoms with E-state index >= 15 is 0 Å². The fourth-order valence-electron chi connectivity index (χ4n) is 2.78. The maximum absolute atomic E-state index is 12.6. The first-order valence-corrected chi connectivity index (χ1v) is 11.4. The normalized spacial score (nSPS) is 12.4. The molecule has 0 aliphatic carbocycles. The molecule has 0 aromatic carbocycles. The molecule has 2 aromatic rings. The highest BCUT2D eigenvalue weighted by Crippen LogP contribution is 2.28. The van der Waals surface area contributed by atoms with E-state index < -0.39 is 10.0 Å². The van der Waals surface area contributed by atoms with E-state index in [-0.39, 0.29) is 9.77 Å². The van der Waals surface area contributed by atoms with Gasteiger partial charge >= 0.3 is 0 Å². The summed E-state index contributed by atoms with van der Waals surface area (Å²) in [5.74, 6) is 1.06. The highest BCUT2D eigenvalue weighted by atomic mass is 32.2. The monoisotopic (exact) mass is 412 g/mol. The molecule has 0 unspecified atom stereocenters. The molecule has 0 amide bonds. The van der Waals surface area contributed by atoms with Gasteiger partial charge in [0.25, 0.3) is 5.56 Å². The van der Waals surface area contributed by atoms with E-state index in [1.807, 2.05) is 0 Å². The summed E-state index contributed by atoms with van der Waals surface area (Å²) in [5.41, 5.74) is 0.248. The predicted molar refractivity (Wildman–Crippen MR) is 109 cm³/mol. The summed E-state index contributed by atoms with van der Waals surface area (Å²) in [7, 11) is -3.57. The summed E-state index contributed by atoms with van der Waals surface area (Å²) in [4.78, 5) is 14.1. The lowest BCUT2D eigenvalue weighted by molar-refractivity contribution is 0.223. The van der Waals surface area contributed by atoms with Crippen LogP contribution >= 0.6 is 11.3 Å². The number of H-pyrrole nitrogens is 1. The van der Waals surface area contributed by atoms with Gasteiger partial charge in [-0.25, -0.2) is 18.2 Å². The number of hydrogen-bond donors (Lipinski definition) is 2. The maximum Gasteiger partial charge on any atom is 0.264 e. The molecule has 2 N–H and O–H groups in total. The van der Waals surface area contributed by atoms with Crippen molar-refractivity contribution in [1.29, 1.82) is 0 Å². The molecule has 150 valence electrons. The van der Waals surface area contributed by atoms with Gasteiger partial charge in [0, 0.05) is 32.2 Å². The standard InChI is InChI=1S/C18H28N4O3S2/c1-13(2)11-22(12-14(3)4)10-9-19-27(24,25)18-8-6-16(26-18)15-5-7-17(23)21-20-15/h5-8,13-14,19H,9-12H2,1-4H3,(H,21,23). The molecule has 0 fully saturated rings. The molecule has 0 aliphatic rings. The predicted octanol–water partition coefficient (Wildman–Crippen LogP) is 2.39. The molecule has 9 heteroatoms. The lowest BCUT2D eigenvalue weighted by Gasteiger charge is -2.26. The van der Waals surface area contributed by atoms with Crippen LogP contribution in [0.15, 0.2) is 33.3 Å². The largest absolute Gasteiger partial charge is 0.302 e. The average Bonchev–Trinajstić information content (AvgIpc) is 3.05. The van der Waals surface area contributed by atoms with Crippen molar-refractivity contribution < 1.29 is 8.42 Å². The van der Waals surface area contributed by atoms with Crippen molar-refractivity contribution in [1.82, 2.24) is 19.8 Å². The van der Waals surface area contributed by atoms with Crippen LogP contribution < -0.4 is 10.3 Å². The van der Waals surface area contributed by atoms with Crippen molar-refractivity contribution in [2.75, 3.05) is 26.2 Å². The highest BCUT2D eigenvalue weighted by Gasteiger charge is 2.18. The Morgan fingerprint density at radius 1 is 1.11 bits per heavy atom. The van der Waals surface area contributed by atoms with E-state index in [1.54, 1.807) is 18.2 Å². The molecule has 2 aromatic heterocycles. The van der Waals surface area contributed by atoms with Crippen LogP contribution in [-0.4, -0.2) is 49.7 Å². The Morgan fingerprint density at radius 3 is 2.33 bits per heavy atom. The topological polar surface area (TPSA) is 95.2 Å². The van der Waals surface area contributed by atoms with Crippen LogP contribution in [-0.2, 0) is 10.0 Å². The number of nitrogens with one attached hydrogen (secondary N) is 2. The van der Waals surface area contributed by atoms with E-state index in [4.69, 9.17) is 0 Å². The zero-order valence-electron chi connectivity index (χ0n) is 16.2. The Kier molecular flexibility index (Phi) is 7.72. The van der Waals surface area contributed by atoms with E-state index in [9.17, 15) is 13.2 Å². The highest BCUT2D eigenvalue weighted by molar-refractivity contribution is 7.91. The number of sulfonamides is 1. The van der Waals surface area contributed by atoms with Crippen LogP contribution in [0, 0.1) is 11.8 Å². The molecule has 0 atom stereocenters. The van der Waals surface area contributed by atoms with Crippen LogP contribution in [0.3, 0.4) is 0 Å². The fraction of sp³-hybridized carbons (Fsp3) is 0.556. The quantitative estimate of drug-likeness (QED) is 0.625. The number of aromatic amines is 1. The number of rotatable bonds is 10. The first-order valence-electron chi connectivity index (χ1n) is 9.05. The third-order valence-corrected chi connectivity index (χ3v) is 6.81. The summed E-state index contributed by atoms with van der Waals surface area (Å²) >= 11 is 1.13. The maximum atomic E-state index is 12.6.